The van der Waals surface area contributed by atoms with E-state index in [4.69, 9.17) is 9.15 Å². The molecule has 108 valence electrons. The van der Waals surface area contributed by atoms with Gasteiger partial charge in [-0.3, -0.25) is 0 Å². The fourth-order valence-electron chi connectivity index (χ4n) is 3.19. The highest BCUT2D eigenvalue weighted by atomic mass is 16.6. The molecule has 1 aromatic rings. The van der Waals surface area contributed by atoms with E-state index in [-0.39, 0.29) is 6.09 Å². The standard InChI is InChI=1S/C13H18N4O3/c1-16-7-13(20-12(16)18)5-6-17(8-13)11-15-14-10(19-11)9-3-2-4-9/h9H,2-8H2,1H3. The van der Waals surface area contributed by atoms with E-state index in [9.17, 15) is 4.79 Å². The summed E-state index contributed by atoms with van der Waals surface area (Å²) in [6.45, 7) is 2.05. The molecular weight excluding hydrogens is 260 g/mol. The number of carbonyl (C=O) groups excluding carboxylic acids is 1. The number of anilines is 1. The number of aromatic nitrogens is 2. The van der Waals surface area contributed by atoms with E-state index in [1.54, 1.807) is 11.9 Å². The van der Waals surface area contributed by atoms with Gasteiger partial charge >= 0.3 is 12.1 Å². The zero-order valence-electron chi connectivity index (χ0n) is 11.5. The van der Waals surface area contributed by atoms with Gasteiger partial charge in [0.1, 0.15) is 0 Å². The van der Waals surface area contributed by atoms with E-state index in [1.165, 1.54) is 6.42 Å². The second-order valence-electron chi connectivity index (χ2n) is 6.13. The van der Waals surface area contributed by atoms with E-state index in [0.29, 0.717) is 25.0 Å². The zero-order chi connectivity index (χ0) is 13.7. The monoisotopic (exact) mass is 278 g/mol. The van der Waals surface area contributed by atoms with Crippen molar-refractivity contribution in [2.24, 2.45) is 0 Å². The highest BCUT2D eigenvalue weighted by molar-refractivity contribution is 5.70. The molecule has 7 heteroatoms. The highest BCUT2D eigenvalue weighted by Crippen LogP contribution is 2.38. The van der Waals surface area contributed by atoms with Gasteiger partial charge in [0.15, 0.2) is 5.60 Å². The molecule has 20 heavy (non-hydrogen) atoms. The Morgan fingerprint density at radius 2 is 2.15 bits per heavy atom. The van der Waals surface area contributed by atoms with Crippen LogP contribution in [-0.2, 0) is 4.74 Å². The fourth-order valence-corrected chi connectivity index (χ4v) is 3.19. The molecule has 7 nitrogen and oxygen atoms in total. The van der Waals surface area contributed by atoms with Crippen LogP contribution in [0, 0.1) is 0 Å². The molecule has 2 aliphatic heterocycles. The SMILES string of the molecule is CN1CC2(CCN(c3nnc(C4CCC4)o3)C2)OC1=O. The summed E-state index contributed by atoms with van der Waals surface area (Å²) in [5.74, 6) is 1.20. The number of likely N-dealkylation sites (N-methyl/N-ethyl adjacent to an activating group) is 1. The van der Waals surface area contributed by atoms with Crippen LogP contribution in [-0.4, -0.2) is 53.5 Å². The minimum absolute atomic E-state index is 0.243. The summed E-state index contributed by atoms with van der Waals surface area (Å²) in [5.41, 5.74) is -0.406. The molecule has 0 radical (unpaired) electrons. The third-order valence-corrected chi connectivity index (χ3v) is 4.61. The second-order valence-corrected chi connectivity index (χ2v) is 6.13. The summed E-state index contributed by atoms with van der Waals surface area (Å²) in [5, 5.41) is 8.30. The molecule has 1 saturated carbocycles. The van der Waals surface area contributed by atoms with Crippen molar-refractivity contribution in [1.29, 1.82) is 0 Å². The number of hydrogen-bond acceptors (Lipinski definition) is 6. The third kappa shape index (κ3) is 1.76. The summed E-state index contributed by atoms with van der Waals surface area (Å²) in [4.78, 5) is 15.2. The second kappa shape index (κ2) is 4.10. The number of hydrogen-bond donors (Lipinski definition) is 0. The van der Waals surface area contributed by atoms with Crippen molar-refractivity contribution in [2.75, 3.05) is 31.6 Å². The largest absolute Gasteiger partial charge is 0.439 e. The smallest absolute Gasteiger partial charge is 0.410 e. The van der Waals surface area contributed by atoms with Crippen molar-refractivity contribution >= 4 is 12.1 Å². The Labute approximate surface area is 116 Å². The lowest BCUT2D eigenvalue weighted by molar-refractivity contribution is 0.0739. The Morgan fingerprint density at radius 1 is 1.30 bits per heavy atom. The lowest BCUT2D eigenvalue weighted by Gasteiger charge is -2.21. The maximum absolute atomic E-state index is 11.6. The quantitative estimate of drug-likeness (QED) is 0.813. The molecule has 1 atom stereocenters. The van der Waals surface area contributed by atoms with Crippen LogP contribution in [0.1, 0.15) is 37.5 Å². The Hall–Kier alpha value is -1.79. The number of amides is 1. The van der Waals surface area contributed by atoms with Crippen LogP contribution in [0.2, 0.25) is 0 Å². The van der Waals surface area contributed by atoms with Gasteiger partial charge in [-0.05, 0) is 12.8 Å². The summed E-state index contributed by atoms with van der Waals surface area (Å²) in [7, 11) is 1.77. The fraction of sp³-hybridized carbons (Fsp3) is 0.769. The molecule has 1 amide bonds. The van der Waals surface area contributed by atoms with Crippen molar-refractivity contribution in [2.45, 2.75) is 37.2 Å². The zero-order valence-corrected chi connectivity index (χ0v) is 11.5. The van der Waals surface area contributed by atoms with E-state index < -0.39 is 5.60 Å². The maximum atomic E-state index is 11.6. The summed E-state index contributed by atoms with van der Waals surface area (Å²) < 4.78 is 11.3. The first-order valence-electron chi connectivity index (χ1n) is 7.18. The Bertz CT molecular complexity index is 541. The predicted molar refractivity (Wildman–Crippen MR) is 69.6 cm³/mol. The molecular formula is C13H18N4O3. The lowest BCUT2D eigenvalue weighted by atomic mass is 9.85. The minimum Gasteiger partial charge on any atom is -0.439 e. The van der Waals surface area contributed by atoms with E-state index >= 15 is 0 Å². The molecule has 3 fully saturated rings. The van der Waals surface area contributed by atoms with Gasteiger partial charge in [-0.2, -0.15) is 0 Å². The molecule has 2 saturated heterocycles. The van der Waals surface area contributed by atoms with Crippen LogP contribution in [0.3, 0.4) is 0 Å². The van der Waals surface area contributed by atoms with Crippen LogP contribution in [0.5, 0.6) is 0 Å². The molecule has 3 aliphatic rings. The van der Waals surface area contributed by atoms with Crippen molar-refractivity contribution in [1.82, 2.24) is 15.1 Å². The minimum atomic E-state index is -0.406. The normalized spacial score (nSPS) is 30.1. The number of carbonyl (C=O) groups is 1. The van der Waals surface area contributed by atoms with Crippen molar-refractivity contribution in [3.63, 3.8) is 0 Å². The van der Waals surface area contributed by atoms with E-state index in [2.05, 4.69) is 10.2 Å². The van der Waals surface area contributed by atoms with E-state index in [1.807, 2.05) is 4.90 Å². The average Bonchev–Trinajstić information content (AvgIpc) is 3.00. The van der Waals surface area contributed by atoms with Crippen LogP contribution >= 0.6 is 0 Å². The predicted octanol–water partition coefficient (Wildman–Crippen LogP) is 1.37. The van der Waals surface area contributed by atoms with Crippen molar-refractivity contribution in [3.8, 4) is 0 Å². The molecule has 1 unspecified atom stereocenters. The maximum Gasteiger partial charge on any atom is 0.410 e. The van der Waals surface area contributed by atoms with Gasteiger partial charge in [-0.15, -0.1) is 5.10 Å². The van der Waals surface area contributed by atoms with Crippen molar-refractivity contribution < 1.29 is 13.9 Å². The first kappa shape index (κ1) is 12.0. The molecule has 0 bridgehead atoms. The van der Waals surface area contributed by atoms with Gasteiger partial charge in [0.25, 0.3) is 0 Å². The van der Waals surface area contributed by atoms with Crippen LogP contribution in [0.4, 0.5) is 10.8 Å². The molecule has 1 aromatic heterocycles. The Kier molecular flexibility index (Phi) is 2.46. The van der Waals surface area contributed by atoms with Gasteiger partial charge in [-0.1, -0.05) is 11.5 Å². The third-order valence-electron chi connectivity index (χ3n) is 4.61. The number of nitrogens with zero attached hydrogens (tertiary/aromatic N) is 4. The Balaban J connectivity index is 1.48. The van der Waals surface area contributed by atoms with Gasteiger partial charge in [0.05, 0.1) is 13.1 Å². The average molecular weight is 278 g/mol. The summed E-state index contributed by atoms with van der Waals surface area (Å²) in [6, 6.07) is 0.564. The number of rotatable bonds is 2. The topological polar surface area (TPSA) is 71.7 Å². The molecule has 1 aliphatic carbocycles. The molecule has 0 aromatic carbocycles. The van der Waals surface area contributed by atoms with Crippen LogP contribution < -0.4 is 4.90 Å². The van der Waals surface area contributed by atoms with Gasteiger partial charge < -0.3 is 19.0 Å². The first-order chi connectivity index (χ1) is 9.65. The molecule has 3 heterocycles. The van der Waals surface area contributed by atoms with Gasteiger partial charge in [0.2, 0.25) is 5.89 Å². The highest BCUT2D eigenvalue weighted by Gasteiger charge is 2.49. The first-order valence-corrected chi connectivity index (χ1v) is 7.18. The summed E-state index contributed by atoms with van der Waals surface area (Å²) in [6.07, 6.45) is 4.11. The Morgan fingerprint density at radius 3 is 2.80 bits per heavy atom. The van der Waals surface area contributed by atoms with Crippen LogP contribution in [0.15, 0.2) is 4.42 Å². The van der Waals surface area contributed by atoms with Gasteiger partial charge in [-0.25, -0.2) is 4.79 Å². The lowest BCUT2D eigenvalue weighted by Crippen LogP contribution is -2.37. The van der Waals surface area contributed by atoms with Gasteiger partial charge in [0, 0.05) is 25.9 Å². The van der Waals surface area contributed by atoms with E-state index in [0.717, 1.165) is 31.7 Å². The summed E-state index contributed by atoms with van der Waals surface area (Å²) >= 11 is 0. The molecule has 4 rings (SSSR count). The molecule has 1 spiro atoms. The van der Waals surface area contributed by atoms with Crippen molar-refractivity contribution in [3.05, 3.63) is 5.89 Å². The number of ether oxygens (including phenoxy) is 1. The van der Waals surface area contributed by atoms with Crippen LogP contribution in [0.25, 0.3) is 0 Å². The molecule has 0 N–H and O–H groups in total.